The summed E-state index contributed by atoms with van der Waals surface area (Å²) in [6.07, 6.45) is 0. The Morgan fingerprint density at radius 2 is 1.90 bits per heavy atom. The highest BCUT2D eigenvalue weighted by atomic mass is 16.6. The number of aromatic nitrogens is 3. The number of fused-ring (bicyclic) bond motifs is 1. The summed E-state index contributed by atoms with van der Waals surface area (Å²) < 4.78 is 0. The molecular weight excluding hydrogens is 260 g/mol. The van der Waals surface area contributed by atoms with E-state index in [4.69, 9.17) is 0 Å². The first-order valence-corrected chi connectivity index (χ1v) is 5.90. The van der Waals surface area contributed by atoms with Gasteiger partial charge in [-0.15, -0.1) is 4.85 Å². The van der Waals surface area contributed by atoms with E-state index in [1.54, 1.807) is 12.1 Å². The van der Waals surface area contributed by atoms with Crippen LogP contribution in [0, 0.1) is 22.2 Å². The zero-order valence-corrected chi connectivity index (χ0v) is 10.6. The summed E-state index contributed by atoms with van der Waals surface area (Å²) in [6.45, 7) is 1.94. The minimum absolute atomic E-state index is 0.134. The summed E-state index contributed by atoms with van der Waals surface area (Å²) >= 11 is 0. The third-order valence-corrected chi connectivity index (χ3v) is 3.02. The molecule has 1 aromatic heterocycles. The second-order valence-corrected chi connectivity index (χ2v) is 4.43. The number of benzene rings is 2. The number of nitrogens with zero attached hydrogens (tertiary/aromatic N) is 4. The molecule has 0 saturated carbocycles. The maximum absolute atomic E-state index is 12.2. The van der Waals surface area contributed by atoms with Gasteiger partial charge in [-0.05, 0) is 23.9 Å². The normalized spacial score (nSPS) is 10.8. The predicted molar refractivity (Wildman–Crippen MR) is 71.4 cm³/mol. The number of rotatable bonds is 2. The summed E-state index contributed by atoms with van der Waals surface area (Å²) in [6, 6.07) is 11.3. The molecular formula is C13H10N4O3. The summed E-state index contributed by atoms with van der Waals surface area (Å²) in [5.74, 6) is 0. The lowest BCUT2D eigenvalue weighted by molar-refractivity contribution is -0.664. The Bertz CT molecular complexity index is 808. The van der Waals surface area contributed by atoms with Crippen LogP contribution in [0.1, 0.15) is 5.56 Å². The molecule has 0 atom stereocenters. The van der Waals surface area contributed by atoms with Crippen LogP contribution in [0.25, 0.3) is 16.7 Å². The van der Waals surface area contributed by atoms with E-state index in [0.717, 1.165) is 5.56 Å². The molecule has 7 heteroatoms. The SMILES string of the molecule is Cc1ccc(-n2nc3ccc([N+](=O)[O-])cc3[n+]2[O-])cc1. The summed E-state index contributed by atoms with van der Waals surface area (Å²) in [7, 11) is 0. The third kappa shape index (κ3) is 1.85. The van der Waals surface area contributed by atoms with Crippen molar-refractivity contribution in [3.8, 4) is 5.69 Å². The fourth-order valence-corrected chi connectivity index (χ4v) is 1.95. The minimum Gasteiger partial charge on any atom is -0.692 e. The Hall–Kier alpha value is -2.96. The van der Waals surface area contributed by atoms with Crippen molar-refractivity contribution in [2.24, 2.45) is 0 Å². The van der Waals surface area contributed by atoms with Crippen LogP contribution in [0.3, 0.4) is 0 Å². The standard InChI is InChI=1S/C13H10N4O3/c1-9-2-4-10(5-3-9)15-14-12-7-6-11(17(19)20)8-13(12)16(15)18/h2-8H,1H3. The Kier molecular flexibility index (Phi) is 2.60. The van der Waals surface area contributed by atoms with Gasteiger partial charge in [-0.3, -0.25) is 10.1 Å². The number of aryl methyl sites for hydroxylation is 1. The first-order valence-electron chi connectivity index (χ1n) is 5.90. The van der Waals surface area contributed by atoms with Crippen molar-refractivity contribution in [2.45, 2.75) is 6.92 Å². The number of nitro benzene ring substituents is 1. The van der Waals surface area contributed by atoms with E-state index in [-0.39, 0.29) is 11.2 Å². The zero-order valence-electron chi connectivity index (χ0n) is 10.6. The fourth-order valence-electron chi connectivity index (χ4n) is 1.95. The highest BCUT2D eigenvalue weighted by molar-refractivity contribution is 5.73. The fraction of sp³-hybridized carbons (Fsp3) is 0.0769. The molecule has 0 unspecified atom stereocenters. The van der Waals surface area contributed by atoms with Crippen molar-refractivity contribution in [1.82, 2.24) is 9.90 Å². The Balaban J connectivity index is 2.20. The summed E-state index contributed by atoms with van der Waals surface area (Å²) in [4.78, 5) is 11.9. The van der Waals surface area contributed by atoms with E-state index in [0.29, 0.717) is 16.0 Å². The van der Waals surface area contributed by atoms with Crippen LogP contribution < -0.4 is 4.85 Å². The van der Waals surface area contributed by atoms with Gasteiger partial charge >= 0.3 is 0 Å². The minimum atomic E-state index is -0.539. The van der Waals surface area contributed by atoms with Gasteiger partial charge < -0.3 is 5.21 Å². The second kappa shape index (κ2) is 4.30. The Morgan fingerprint density at radius 1 is 1.20 bits per heavy atom. The highest BCUT2D eigenvalue weighted by Gasteiger charge is 2.19. The van der Waals surface area contributed by atoms with E-state index in [2.05, 4.69) is 5.10 Å². The van der Waals surface area contributed by atoms with E-state index in [1.807, 2.05) is 19.1 Å². The van der Waals surface area contributed by atoms with Crippen LogP contribution in [-0.4, -0.2) is 14.8 Å². The molecule has 0 saturated heterocycles. The molecule has 3 rings (SSSR count). The van der Waals surface area contributed by atoms with Gasteiger partial charge in [-0.25, -0.2) is 0 Å². The van der Waals surface area contributed by atoms with Crippen LogP contribution in [0.4, 0.5) is 5.69 Å². The maximum Gasteiger partial charge on any atom is 0.274 e. The lowest BCUT2D eigenvalue weighted by atomic mass is 10.2. The largest absolute Gasteiger partial charge is 0.692 e. The van der Waals surface area contributed by atoms with Crippen LogP contribution in [0.5, 0.6) is 0 Å². The van der Waals surface area contributed by atoms with Crippen LogP contribution in [0.2, 0.25) is 0 Å². The summed E-state index contributed by atoms with van der Waals surface area (Å²) in [5.41, 5.74) is 2.11. The maximum atomic E-state index is 12.2. The van der Waals surface area contributed by atoms with Crippen molar-refractivity contribution in [1.29, 1.82) is 0 Å². The quantitative estimate of drug-likeness (QED) is 0.308. The molecule has 0 radical (unpaired) electrons. The Morgan fingerprint density at radius 3 is 2.55 bits per heavy atom. The van der Waals surface area contributed by atoms with Crippen molar-refractivity contribution in [3.63, 3.8) is 0 Å². The van der Waals surface area contributed by atoms with Crippen molar-refractivity contribution in [3.05, 3.63) is 63.3 Å². The van der Waals surface area contributed by atoms with Gasteiger partial charge in [0.15, 0.2) is 0 Å². The lowest BCUT2D eigenvalue weighted by Crippen LogP contribution is -2.37. The van der Waals surface area contributed by atoms with Crippen molar-refractivity contribution < 1.29 is 9.77 Å². The molecule has 0 N–H and O–H groups in total. The average molecular weight is 270 g/mol. The number of hydrogen-bond donors (Lipinski definition) is 0. The van der Waals surface area contributed by atoms with E-state index >= 15 is 0 Å². The van der Waals surface area contributed by atoms with Gasteiger partial charge in [0.25, 0.3) is 11.2 Å². The molecule has 1 heterocycles. The molecule has 0 aliphatic carbocycles. The smallest absolute Gasteiger partial charge is 0.274 e. The zero-order chi connectivity index (χ0) is 14.3. The molecule has 0 amide bonds. The van der Waals surface area contributed by atoms with Gasteiger partial charge in [0.1, 0.15) is 5.69 Å². The van der Waals surface area contributed by atoms with E-state index in [9.17, 15) is 15.3 Å². The predicted octanol–water partition coefficient (Wildman–Crippen LogP) is 1.88. The molecule has 100 valence electrons. The molecule has 0 aliphatic rings. The summed E-state index contributed by atoms with van der Waals surface area (Å²) in [5, 5.41) is 27.1. The van der Waals surface area contributed by atoms with Gasteiger partial charge in [0, 0.05) is 12.1 Å². The first-order chi connectivity index (χ1) is 9.56. The monoisotopic (exact) mass is 270 g/mol. The third-order valence-electron chi connectivity index (χ3n) is 3.02. The van der Waals surface area contributed by atoms with E-state index < -0.39 is 4.92 Å². The average Bonchev–Trinajstić information content (AvgIpc) is 2.76. The topological polar surface area (TPSA) is 87.9 Å². The molecule has 0 bridgehead atoms. The van der Waals surface area contributed by atoms with E-state index in [1.165, 1.54) is 23.0 Å². The first kappa shape index (κ1) is 12.1. The Labute approximate surface area is 113 Å². The van der Waals surface area contributed by atoms with Crippen molar-refractivity contribution >= 4 is 16.7 Å². The van der Waals surface area contributed by atoms with Crippen LogP contribution >= 0.6 is 0 Å². The van der Waals surface area contributed by atoms with Crippen LogP contribution in [-0.2, 0) is 0 Å². The molecule has 2 aromatic carbocycles. The molecule has 0 fully saturated rings. The number of nitro groups is 1. The van der Waals surface area contributed by atoms with Gasteiger partial charge in [0.05, 0.1) is 16.1 Å². The lowest BCUT2D eigenvalue weighted by Gasteiger charge is -2.03. The molecule has 0 aliphatic heterocycles. The molecule has 3 aromatic rings. The van der Waals surface area contributed by atoms with Gasteiger partial charge in [-0.1, -0.05) is 17.7 Å². The van der Waals surface area contributed by atoms with Crippen LogP contribution in [0.15, 0.2) is 42.5 Å². The number of non-ortho nitro benzene ring substituents is 1. The van der Waals surface area contributed by atoms with Gasteiger partial charge in [0.2, 0.25) is 5.52 Å². The second-order valence-electron chi connectivity index (χ2n) is 4.43. The van der Waals surface area contributed by atoms with Crippen molar-refractivity contribution in [2.75, 3.05) is 0 Å². The molecule has 7 nitrogen and oxygen atoms in total. The highest BCUT2D eigenvalue weighted by Crippen LogP contribution is 2.17. The number of hydrogen-bond acceptors (Lipinski definition) is 4. The molecule has 0 spiro atoms. The molecule has 20 heavy (non-hydrogen) atoms. The van der Waals surface area contributed by atoms with Gasteiger partial charge in [-0.2, -0.15) is 0 Å².